The van der Waals surface area contributed by atoms with Gasteiger partial charge in [0.1, 0.15) is 5.60 Å². The van der Waals surface area contributed by atoms with Crippen molar-refractivity contribution in [1.29, 1.82) is 0 Å². The highest BCUT2D eigenvalue weighted by molar-refractivity contribution is 9.28. The highest BCUT2D eigenvalue weighted by atomic mass is 79.9. The molecule has 0 spiro atoms. The second-order valence-corrected chi connectivity index (χ2v) is 10.0. The maximum atomic E-state index is 12.1. The van der Waals surface area contributed by atoms with Crippen LogP contribution in [0.2, 0.25) is 0 Å². The van der Waals surface area contributed by atoms with Crippen LogP contribution < -0.4 is 5.32 Å². The van der Waals surface area contributed by atoms with Gasteiger partial charge in [-0.3, -0.25) is 0 Å². The number of fused-ring (bicyclic) bond motifs is 1. The number of rotatable bonds is 2. The van der Waals surface area contributed by atoms with E-state index in [-0.39, 0.29) is 12.1 Å². The lowest BCUT2D eigenvalue weighted by Crippen LogP contribution is -2.41. The first-order chi connectivity index (χ1) is 9.76. The molecule has 1 amide bonds. The van der Waals surface area contributed by atoms with Crippen LogP contribution in [0.25, 0.3) is 0 Å². The Labute approximate surface area is 144 Å². The number of halogens is 2. The molecule has 2 aliphatic rings. The van der Waals surface area contributed by atoms with E-state index in [2.05, 4.69) is 43.3 Å². The molecule has 21 heavy (non-hydrogen) atoms. The normalized spacial score (nSPS) is 32.2. The predicted octanol–water partition coefficient (Wildman–Crippen LogP) is 5.34. The Balaban J connectivity index is 2.06. The smallest absolute Gasteiger partial charge is 0.407 e. The molecule has 0 unspecified atom stereocenters. The predicted molar refractivity (Wildman–Crippen MR) is 92.6 cm³/mol. The molecule has 0 bridgehead atoms. The number of carbonyl (C=O) groups excluding carboxylic acids is 1. The molecule has 0 radical (unpaired) electrons. The summed E-state index contributed by atoms with van der Waals surface area (Å²) in [5.74, 6) is 1.81. The Hall–Kier alpha value is -0.0300. The topological polar surface area (TPSA) is 38.3 Å². The molecular weight excluding hydrogens is 398 g/mol. The van der Waals surface area contributed by atoms with Crippen molar-refractivity contribution < 1.29 is 9.53 Å². The minimum absolute atomic E-state index is 0.179. The molecule has 4 atom stereocenters. The fourth-order valence-corrected chi connectivity index (χ4v) is 4.43. The third-order valence-corrected chi connectivity index (χ3v) is 5.03. The van der Waals surface area contributed by atoms with Gasteiger partial charge in [-0.2, -0.15) is 0 Å². The van der Waals surface area contributed by atoms with E-state index in [9.17, 15) is 4.79 Å². The zero-order valence-corrected chi connectivity index (χ0v) is 16.2. The molecule has 0 aromatic heterocycles. The maximum Gasteiger partial charge on any atom is 0.407 e. The van der Waals surface area contributed by atoms with Gasteiger partial charge in [0.2, 0.25) is 0 Å². The quantitative estimate of drug-likeness (QED) is 0.652. The summed E-state index contributed by atoms with van der Waals surface area (Å²) in [5.41, 5.74) is -0.448. The molecule has 2 rings (SSSR count). The van der Waals surface area contributed by atoms with Crippen molar-refractivity contribution in [2.45, 2.75) is 64.5 Å². The van der Waals surface area contributed by atoms with Crippen molar-refractivity contribution >= 4 is 38.0 Å². The molecule has 5 heteroatoms. The van der Waals surface area contributed by atoms with Gasteiger partial charge in [0, 0.05) is 12.0 Å². The second-order valence-electron chi connectivity index (χ2n) is 7.23. The van der Waals surface area contributed by atoms with Gasteiger partial charge in [0.25, 0.3) is 0 Å². The number of amides is 1. The number of carbonyl (C=O) groups is 1. The monoisotopic (exact) mass is 421 g/mol. The molecule has 2 fully saturated rings. The number of hydrogen-bond acceptors (Lipinski definition) is 2. The van der Waals surface area contributed by atoms with Gasteiger partial charge in [-0.15, -0.1) is 0 Å². The molecule has 3 nitrogen and oxygen atoms in total. The summed E-state index contributed by atoms with van der Waals surface area (Å²) in [4.78, 5) is 12.1. The van der Waals surface area contributed by atoms with Crippen LogP contribution in [-0.2, 0) is 4.74 Å². The second kappa shape index (κ2) is 7.03. The molecule has 2 aliphatic carbocycles. The molecule has 0 saturated heterocycles. The van der Waals surface area contributed by atoms with E-state index < -0.39 is 5.60 Å². The number of ether oxygens (including phenoxy) is 1. The van der Waals surface area contributed by atoms with E-state index in [1.807, 2.05) is 20.8 Å². The molecule has 0 aliphatic heterocycles. The van der Waals surface area contributed by atoms with Crippen LogP contribution in [-0.4, -0.2) is 17.7 Å². The van der Waals surface area contributed by atoms with Crippen molar-refractivity contribution in [3.63, 3.8) is 0 Å². The first-order valence-corrected chi connectivity index (χ1v) is 9.37. The molecule has 0 aromatic rings. The molecule has 2 saturated carbocycles. The minimum Gasteiger partial charge on any atom is -0.444 e. The summed E-state index contributed by atoms with van der Waals surface area (Å²) in [6.45, 7) is 5.69. The third kappa shape index (κ3) is 4.98. The van der Waals surface area contributed by atoms with Gasteiger partial charge in [-0.25, -0.2) is 4.79 Å². The Morgan fingerprint density at radius 2 is 1.90 bits per heavy atom. The Bertz CT molecular complexity index is 413. The molecular formula is C16H25Br2NO2. The first kappa shape index (κ1) is 17.3. The Morgan fingerprint density at radius 3 is 2.52 bits per heavy atom. The number of nitrogens with one attached hydrogen (secondary N) is 1. The Kier molecular flexibility index (Phi) is 5.80. The molecule has 1 N–H and O–H groups in total. The first-order valence-electron chi connectivity index (χ1n) is 7.78. The van der Waals surface area contributed by atoms with Crippen LogP contribution in [0, 0.1) is 17.8 Å². The van der Waals surface area contributed by atoms with Crippen molar-refractivity contribution in [2.75, 3.05) is 0 Å². The number of alkyl carbamates (subject to hydrolysis) is 1. The summed E-state index contributed by atoms with van der Waals surface area (Å²) >= 11 is 6.95. The van der Waals surface area contributed by atoms with E-state index >= 15 is 0 Å². The fraction of sp³-hybridized carbons (Fsp3) is 0.812. The van der Waals surface area contributed by atoms with Crippen LogP contribution in [0.15, 0.2) is 9.47 Å². The third-order valence-electron chi connectivity index (χ3n) is 4.50. The van der Waals surface area contributed by atoms with Crippen molar-refractivity contribution in [3.8, 4) is 0 Å². The zero-order chi connectivity index (χ0) is 15.6. The lowest BCUT2D eigenvalue weighted by atomic mass is 9.78. The van der Waals surface area contributed by atoms with Crippen molar-refractivity contribution in [2.24, 2.45) is 17.8 Å². The number of hydrogen-bond donors (Lipinski definition) is 1. The van der Waals surface area contributed by atoms with Crippen LogP contribution in [0.5, 0.6) is 0 Å². The van der Waals surface area contributed by atoms with E-state index in [1.54, 1.807) is 0 Å². The summed E-state index contributed by atoms with van der Waals surface area (Å²) in [5, 5.41) is 3.10. The lowest BCUT2D eigenvalue weighted by Gasteiger charge is -2.28. The summed E-state index contributed by atoms with van der Waals surface area (Å²) in [7, 11) is 0. The van der Waals surface area contributed by atoms with Gasteiger partial charge < -0.3 is 10.1 Å². The van der Waals surface area contributed by atoms with Gasteiger partial charge >= 0.3 is 6.09 Å². The van der Waals surface area contributed by atoms with Gasteiger partial charge in [0.15, 0.2) is 0 Å². The van der Waals surface area contributed by atoms with Gasteiger partial charge in [-0.05, 0) is 77.3 Å². The SMILES string of the molecule is CC(C)(C)OC(=O)N[C@H]1C[C@H]2CCCC[C@@H]2[C@H]1C=C(Br)Br. The highest BCUT2D eigenvalue weighted by Gasteiger charge is 2.43. The summed E-state index contributed by atoms with van der Waals surface area (Å²) in [6, 6.07) is 0.179. The van der Waals surface area contributed by atoms with Gasteiger partial charge in [0.05, 0.1) is 3.39 Å². The minimum atomic E-state index is -0.448. The fourth-order valence-electron chi connectivity index (χ4n) is 3.82. The largest absolute Gasteiger partial charge is 0.444 e. The van der Waals surface area contributed by atoms with E-state index in [0.29, 0.717) is 11.8 Å². The van der Waals surface area contributed by atoms with Gasteiger partial charge in [-0.1, -0.05) is 25.3 Å². The van der Waals surface area contributed by atoms with Crippen LogP contribution in [0.4, 0.5) is 4.79 Å². The average molecular weight is 423 g/mol. The summed E-state index contributed by atoms with van der Waals surface area (Å²) < 4.78 is 6.39. The molecule has 0 heterocycles. The lowest BCUT2D eigenvalue weighted by molar-refractivity contribution is 0.0495. The van der Waals surface area contributed by atoms with Crippen molar-refractivity contribution in [3.05, 3.63) is 9.47 Å². The maximum absolute atomic E-state index is 12.1. The summed E-state index contributed by atoms with van der Waals surface area (Å²) in [6.07, 6.45) is 8.18. The standard InChI is InChI=1S/C16H25Br2NO2/c1-16(2,3)21-15(20)19-13-8-10-6-4-5-7-11(10)12(13)9-14(17)18/h9-13H,4-8H2,1-3H3,(H,19,20)/t10-,11+,12-,13+/m1/s1. The average Bonchev–Trinajstić information content (AvgIpc) is 2.64. The van der Waals surface area contributed by atoms with E-state index in [1.165, 1.54) is 25.7 Å². The Morgan fingerprint density at radius 1 is 1.24 bits per heavy atom. The van der Waals surface area contributed by atoms with E-state index in [0.717, 1.165) is 15.7 Å². The molecule has 0 aromatic carbocycles. The highest BCUT2D eigenvalue weighted by Crippen LogP contribution is 2.47. The van der Waals surface area contributed by atoms with E-state index in [4.69, 9.17) is 4.74 Å². The van der Waals surface area contributed by atoms with Crippen molar-refractivity contribution in [1.82, 2.24) is 5.32 Å². The van der Waals surface area contributed by atoms with Crippen LogP contribution in [0.3, 0.4) is 0 Å². The van der Waals surface area contributed by atoms with Crippen LogP contribution >= 0.6 is 31.9 Å². The van der Waals surface area contributed by atoms with Crippen LogP contribution in [0.1, 0.15) is 52.9 Å². The molecule has 120 valence electrons. The zero-order valence-electron chi connectivity index (χ0n) is 13.0.